The van der Waals surface area contributed by atoms with E-state index in [1.54, 1.807) is 72.8 Å². The molecule has 12 heteroatoms. The summed E-state index contributed by atoms with van der Waals surface area (Å²) in [7, 11) is 0. The predicted octanol–water partition coefficient (Wildman–Crippen LogP) is 22.9. The maximum Gasteiger partial charge on any atom is 0.339 e. The highest BCUT2D eigenvalue weighted by Crippen LogP contribution is 2.56. The number of Topliss-reactive ketones (excluding diaryl/α,β-unsaturated/α-hetero) is 3. The van der Waals surface area contributed by atoms with E-state index in [2.05, 4.69) is 41.5 Å². The van der Waals surface area contributed by atoms with Crippen LogP contribution in [-0.2, 0) is 52.7 Å². The van der Waals surface area contributed by atoms with Crippen molar-refractivity contribution in [1.82, 2.24) is 0 Å². The van der Waals surface area contributed by atoms with Gasteiger partial charge in [-0.2, -0.15) is 0 Å². The van der Waals surface area contributed by atoms with E-state index in [1.807, 2.05) is 0 Å². The van der Waals surface area contributed by atoms with Crippen molar-refractivity contribution in [2.45, 2.75) is 346 Å². The molecule has 12 nitrogen and oxygen atoms in total. The van der Waals surface area contributed by atoms with Crippen LogP contribution in [0.4, 0.5) is 0 Å². The zero-order chi connectivity index (χ0) is 77.4. The zero-order valence-corrected chi connectivity index (χ0v) is 66.8. The number of aryl methyl sites for hydroxylation is 6. The Bertz CT molecular complexity index is 3430. The van der Waals surface area contributed by atoms with Crippen LogP contribution in [0.2, 0.25) is 0 Å². The Hall–Kier alpha value is -7.38. The molecule has 0 saturated heterocycles. The number of ether oxygens (including phenoxy) is 3. The minimum absolute atomic E-state index is 0.181. The fraction of sp³-hybridized carbons (Fsp3) is 0.562. The van der Waals surface area contributed by atoms with Gasteiger partial charge in [0.15, 0.2) is 0 Å². The number of rotatable bonds is 54. The van der Waals surface area contributed by atoms with Crippen molar-refractivity contribution in [2.24, 2.45) is 0 Å². The molecule has 1 aliphatic carbocycles. The highest BCUT2D eigenvalue weighted by Gasteiger charge is 2.88. The van der Waals surface area contributed by atoms with Gasteiger partial charge in [-0.3, -0.25) is 14.4 Å². The van der Waals surface area contributed by atoms with Gasteiger partial charge in [0.25, 0.3) is 16.8 Å². The van der Waals surface area contributed by atoms with E-state index in [9.17, 15) is 15.3 Å². The summed E-state index contributed by atoms with van der Waals surface area (Å²) in [5.41, 5.74) is -8.09. The smallest absolute Gasteiger partial charge is 0.339 e. The van der Waals surface area contributed by atoms with E-state index in [0.717, 1.165) is 265 Å². The molecule has 3 N–H and O–H groups in total. The van der Waals surface area contributed by atoms with Crippen molar-refractivity contribution >= 4 is 35.3 Å². The van der Waals surface area contributed by atoms with Crippen LogP contribution >= 0.6 is 0 Å². The van der Waals surface area contributed by atoms with Gasteiger partial charge in [-0.05, 0) is 147 Å². The molecule has 6 aromatic rings. The Labute approximate surface area is 648 Å². The molecule has 0 unspecified atom stereocenters. The maximum absolute atomic E-state index is 17.9. The number of hydrogen-bond acceptors (Lipinski definition) is 12. The minimum Gasteiger partial charge on any atom is -0.439 e. The lowest BCUT2D eigenvalue weighted by molar-refractivity contribution is -0.293. The second-order valence-corrected chi connectivity index (χ2v) is 31.0. The maximum atomic E-state index is 17.9. The van der Waals surface area contributed by atoms with Crippen molar-refractivity contribution in [3.8, 4) is 0 Å². The quantitative estimate of drug-likeness (QED) is 0.0142. The van der Waals surface area contributed by atoms with Gasteiger partial charge in [-0.1, -0.05) is 343 Å². The number of benzene rings is 6. The fourth-order valence-electron chi connectivity index (χ4n) is 15.6. The first-order chi connectivity index (χ1) is 52.6. The molecule has 0 radical (unpaired) electrons. The number of aliphatic hydroxyl groups is 3. The Balaban J connectivity index is 1.56. The highest BCUT2D eigenvalue weighted by atomic mass is 16.7. The standard InChI is InChI=1S/C96H132O12/c1-7-13-19-25-31-37-43-73-49-61-79(62-50-73)86(98)94(106-91(103)82-67-55-76(56-68-82)46-40-34-28-22-16-10-4)89(101)85(97)90(102)95(87(99)80-63-51-74(52-64-80)44-38-32-26-20-14-8-2,107-92(104)83-69-57-77(58-70-83)47-41-35-29-23-17-11-5)96(94,88(100)81-65-53-75(54-66-81)45-39-33-27-21-15-9-3)108-93(105)84-71-59-78(60-72-84)48-42-36-30-24-18-12-6/h49-72,85,89-90,97,101-102H,7-48H2,1-6H3/t85-,89-,90+,94+,95-,96-. The molecular weight excluding hydrogens is 1350 g/mol. The van der Waals surface area contributed by atoms with Gasteiger partial charge in [0, 0.05) is 16.7 Å². The minimum atomic E-state index is -4.02. The topological polar surface area (TPSA) is 191 Å². The molecule has 6 aromatic carbocycles. The molecule has 1 aliphatic rings. The van der Waals surface area contributed by atoms with Crippen LogP contribution in [0.3, 0.4) is 0 Å². The SMILES string of the molecule is CCCCCCCCc1ccc(C(=O)O[C@@]2(C(=O)c3ccc(CCCCCCCC)cc3)[C@@](OC(=O)c3ccc(CCCCCCCC)cc3)(C(=O)c3ccc(CCCCCCCC)cc3)[C@@H](O)[C@H](O)[C@@H](O)[C@@]2(OC(=O)c2ccc(CCCCCCCC)cc2)C(=O)c2ccc(CCCCCCCC)cc2)cc1. The molecule has 0 aliphatic heterocycles. The summed E-state index contributed by atoms with van der Waals surface area (Å²) in [6.07, 6.45) is 32.7. The molecule has 0 amide bonds. The number of carbonyl (C=O) groups excluding carboxylic acids is 6. The van der Waals surface area contributed by atoms with Crippen LogP contribution in [0.1, 0.15) is 368 Å². The van der Waals surface area contributed by atoms with Crippen molar-refractivity contribution in [1.29, 1.82) is 0 Å². The van der Waals surface area contributed by atoms with Gasteiger partial charge in [0.1, 0.15) is 18.3 Å². The van der Waals surface area contributed by atoms with Crippen LogP contribution in [-0.4, -0.2) is 85.7 Å². The number of aliphatic hydroxyl groups excluding tert-OH is 3. The summed E-state index contributed by atoms with van der Waals surface area (Å²) in [5, 5.41) is 41.1. The van der Waals surface area contributed by atoms with Crippen molar-refractivity contribution in [3.05, 3.63) is 212 Å². The molecule has 0 bridgehead atoms. The molecule has 0 spiro atoms. The number of unbranched alkanes of at least 4 members (excludes halogenated alkanes) is 30. The number of hydrogen-bond donors (Lipinski definition) is 3. The lowest BCUT2D eigenvalue weighted by atomic mass is 9.52. The molecule has 0 aromatic heterocycles. The molecule has 588 valence electrons. The Morgan fingerprint density at radius 1 is 0.241 bits per heavy atom. The Morgan fingerprint density at radius 3 is 0.630 bits per heavy atom. The Morgan fingerprint density at radius 2 is 0.417 bits per heavy atom. The third kappa shape index (κ3) is 24.6. The number of carbonyl (C=O) groups is 6. The molecule has 1 fully saturated rings. The van der Waals surface area contributed by atoms with Gasteiger partial charge in [-0.15, -0.1) is 0 Å². The third-order valence-electron chi connectivity index (χ3n) is 22.4. The first kappa shape index (κ1) is 87.8. The first-order valence-corrected chi connectivity index (χ1v) is 42.5. The van der Waals surface area contributed by atoms with Gasteiger partial charge < -0.3 is 29.5 Å². The largest absolute Gasteiger partial charge is 0.439 e. The fourth-order valence-corrected chi connectivity index (χ4v) is 15.6. The van der Waals surface area contributed by atoms with Crippen molar-refractivity contribution in [2.75, 3.05) is 0 Å². The number of esters is 3. The number of ketones is 3. The van der Waals surface area contributed by atoms with E-state index < -0.39 is 70.4 Å². The molecular formula is C96H132O12. The normalized spacial score (nSPS) is 18.4. The summed E-state index contributed by atoms with van der Waals surface area (Å²) in [4.78, 5) is 102. The average molecular weight is 1480 g/mol. The van der Waals surface area contributed by atoms with Crippen LogP contribution in [0.5, 0.6) is 0 Å². The second-order valence-electron chi connectivity index (χ2n) is 31.0. The van der Waals surface area contributed by atoms with Crippen LogP contribution in [0.25, 0.3) is 0 Å². The average Bonchev–Trinajstić information content (AvgIpc) is 0.659. The van der Waals surface area contributed by atoms with Gasteiger partial charge in [0.05, 0.1) is 16.7 Å². The van der Waals surface area contributed by atoms with E-state index in [-0.39, 0.29) is 33.4 Å². The van der Waals surface area contributed by atoms with Crippen LogP contribution < -0.4 is 0 Å². The van der Waals surface area contributed by atoms with Crippen LogP contribution in [0, 0.1) is 0 Å². The predicted molar refractivity (Wildman–Crippen MR) is 437 cm³/mol. The van der Waals surface area contributed by atoms with Crippen molar-refractivity contribution in [3.63, 3.8) is 0 Å². The molecule has 6 atom stereocenters. The van der Waals surface area contributed by atoms with E-state index in [0.29, 0.717) is 38.5 Å². The van der Waals surface area contributed by atoms with Crippen LogP contribution in [0.15, 0.2) is 146 Å². The van der Waals surface area contributed by atoms with E-state index in [4.69, 9.17) is 14.2 Å². The molecule has 0 heterocycles. The second kappa shape index (κ2) is 47.6. The zero-order valence-electron chi connectivity index (χ0n) is 66.8. The summed E-state index contributed by atoms with van der Waals surface area (Å²) in [5.74, 6) is -8.34. The summed E-state index contributed by atoms with van der Waals surface area (Å²) in [6, 6.07) is 38.4. The van der Waals surface area contributed by atoms with Gasteiger partial charge >= 0.3 is 17.9 Å². The Kier molecular flexibility index (Phi) is 38.7. The molecule has 7 rings (SSSR count). The van der Waals surface area contributed by atoms with Gasteiger partial charge in [-0.25, -0.2) is 14.4 Å². The molecule has 108 heavy (non-hydrogen) atoms. The molecule has 1 saturated carbocycles. The lowest BCUT2D eigenvalue weighted by Crippen LogP contribution is -2.91. The lowest BCUT2D eigenvalue weighted by Gasteiger charge is -2.60. The summed E-state index contributed by atoms with van der Waals surface area (Å²) in [6.45, 7) is 13.0. The highest BCUT2D eigenvalue weighted by molar-refractivity contribution is 6.21. The monoisotopic (exact) mass is 1480 g/mol. The van der Waals surface area contributed by atoms with Gasteiger partial charge in [0.2, 0.25) is 17.3 Å². The van der Waals surface area contributed by atoms with E-state index >= 15 is 28.8 Å². The summed E-state index contributed by atoms with van der Waals surface area (Å²) >= 11 is 0. The third-order valence-corrected chi connectivity index (χ3v) is 22.4. The summed E-state index contributed by atoms with van der Waals surface area (Å²) < 4.78 is 20.9. The van der Waals surface area contributed by atoms with Crippen molar-refractivity contribution < 1.29 is 58.3 Å². The van der Waals surface area contributed by atoms with E-state index in [1.165, 1.54) is 72.8 Å². The first-order valence-electron chi connectivity index (χ1n) is 42.5.